The molecular formula is C18H12ClFN2O2. The Balaban J connectivity index is 1.84. The minimum Gasteiger partial charge on any atom is -0.506 e. The third-order valence-electron chi connectivity index (χ3n) is 4.23. The minimum absolute atomic E-state index is 0.0445. The van der Waals surface area contributed by atoms with Gasteiger partial charge in [0.25, 0.3) is 0 Å². The molecule has 2 atom stereocenters. The molecule has 1 aliphatic heterocycles. The molecule has 4 nitrogen and oxygen atoms in total. The summed E-state index contributed by atoms with van der Waals surface area (Å²) >= 11 is 6.22. The lowest BCUT2D eigenvalue weighted by Crippen LogP contribution is -2.56. The Labute approximate surface area is 142 Å². The fraction of sp³-hybridized carbons (Fsp3) is 0.111. The fourth-order valence-electron chi connectivity index (χ4n) is 3.05. The van der Waals surface area contributed by atoms with E-state index in [1.54, 1.807) is 41.4 Å². The van der Waals surface area contributed by atoms with Crippen LogP contribution in [0.25, 0.3) is 10.9 Å². The van der Waals surface area contributed by atoms with E-state index in [2.05, 4.69) is 4.98 Å². The first-order valence-corrected chi connectivity index (χ1v) is 7.81. The Morgan fingerprint density at radius 3 is 2.62 bits per heavy atom. The van der Waals surface area contributed by atoms with Crippen LogP contribution in [0.15, 0.2) is 54.7 Å². The van der Waals surface area contributed by atoms with Gasteiger partial charge in [0.2, 0.25) is 5.91 Å². The molecule has 1 amide bonds. The number of phenolic OH excluding ortho intramolecular Hbond substituents is 1. The second-order valence-electron chi connectivity index (χ2n) is 5.61. The number of amides is 1. The number of nitrogens with zero attached hydrogens (tertiary/aromatic N) is 2. The van der Waals surface area contributed by atoms with Gasteiger partial charge in [0.05, 0.1) is 11.7 Å². The van der Waals surface area contributed by atoms with Gasteiger partial charge in [-0.1, -0.05) is 12.1 Å². The first kappa shape index (κ1) is 14.9. The number of fused-ring (bicyclic) bond motifs is 1. The van der Waals surface area contributed by atoms with Gasteiger partial charge in [0, 0.05) is 11.6 Å². The molecule has 2 aromatic carbocycles. The zero-order valence-corrected chi connectivity index (χ0v) is 13.1. The number of rotatable bonds is 2. The Morgan fingerprint density at radius 1 is 1.12 bits per heavy atom. The van der Waals surface area contributed by atoms with Crippen LogP contribution in [-0.4, -0.2) is 21.4 Å². The second-order valence-corrected chi connectivity index (χ2v) is 6.08. The molecule has 1 aromatic heterocycles. The van der Waals surface area contributed by atoms with E-state index in [0.717, 1.165) is 5.56 Å². The molecule has 0 aliphatic carbocycles. The first-order chi connectivity index (χ1) is 11.6. The van der Waals surface area contributed by atoms with Crippen LogP contribution in [-0.2, 0) is 4.79 Å². The second kappa shape index (κ2) is 5.46. The van der Waals surface area contributed by atoms with E-state index in [1.165, 1.54) is 18.2 Å². The van der Waals surface area contributed by atoms with Gasteiger partial charge in [-0.2, -0.15) is 0 Å². The molecule has 0 saturated carbocycles. The Morgan fingerprint density at radius 2 is 1.88 bits per heavy atom. The van der Waals surface area contributed by atoms with Gasteiger partial charge in [0.1, 0.15) is 22.5 Å². The molecule has 120 valence electrons. The highest BCUT2D eigenvalue weighted by Gasteiger charge is 2.48. The fourth-order valence-corrected chi connectivity index (χ4v) is 3.42. The molecule has 1 N–H and O–H groups in total. The number of aromatic hydroxyl groups is 1. The van der Waals surface area contributed by atoms with Crippen LogP contribution in [0.5, 0.6) is 5.75 Å². The van der Waals surface area contributed by atoms with Crippen LogP contribution in [0, 0.1) is 5.82 Å². The van der Waals surface area contributed by atoms with Crippen molar-refractivity contribution in [1.29, 1.82) is 0 Å². The number of carbonyl (C=O) groups excluding carboxylic acids is 1. The highest BCUT2D eigenvalue weighted by atomic mass is 35.5. The highest BCUT2D eigenvalue weighted by molar-refractivity contribution is 6.37. The van der Waals surface area contributed by atoms with Crippen LogP contribution in [0.2, 0.25) is 0 Å². The summed E-state index contributed by atoms with van der Waals surface area (Å²) in [5.41, 5.74) is 1.78. The zero-order chi connectivity index (χ0) is 16.8. The number of alkyl halides is 1. The molecule has 3 aromatic rings. The average Bonchev–Trinajstić information content (AvgIpc) is 2.61. The van der Waals surface area contributed by atoms with Crippen molar-refractivity contribution in [3.63, 3.8) is 0 Å². The van der Waals surface area contributed by atoms with E-state index in [9.17, 15) is 14.3 Å². The number of halogens is 2. The molecule has 6 heteroatoms. The van der Waals surface area contributed by atoms with Crippen LogP contribution in [0.4, 0.5) is 10.1 Å². The number of carbonyl (C=O) groups is 1. The van der Waals surface area contributed by atoms with Crippen molar-refractivity contribution in [1.82, 2.24) is 4.98 Å². The summed E-state index contributed by atoms with van der Waals surface area (Å²) in [7, 11) is 0. The standard InChI is InChI=1S/C18H12ClFN2O2/c19-15-17(10-3-5-11(20)6-4-10)22(18(15)24)13-7-8-14(23)16-12(13)2-1-9-21-16/h1-9,15,17,23H. The van der Waals surface area contributed by atoms with E-state index in [0.29, 0.717) is 16.6 Å². The Bertz CT molecular complexity index is 945. The molecular weight excluding hydrogens is 331 g/mol. The van der Waals surface area contributed by atoms with Crippen molar-refractivity contribution >= 4 is 34.1 Å². The summed E-state index contributed by atoms with van der Waals surface area (Å²) < 4.78 is 13.2. The normalized spacial score (nSPS) is 20.2. The predicted molar refractivity (Wildman–Crippen MR) is 89.7 cm³/mol. The van der Waals surface area contributed by atoms with Crippen molar-refractivity contribution in [3.8, 4) is 5.75 Å². The van der Waals surface area contributed by atoms with E-state index < -0.39 is 11.4 Å². The third kappa shape index (κ3) is 2.12. The summed E-state index contributed by atoms with van der Waals surface area (Å²) in [5.74, 6) is -0.536. The molecule has 24 heavy (non-hydrogen) atoms. The van der Waals surface area contributed by atoms with Crippen molar-refractivity contribution in [2.45, 2.75) is 11.4 Å². The van der Waals surface area contributed by atoms with E-state index >= 15 is 0 Å². The largest absolute Gasteiger partial charge is 0.506 e. The van der Waals surface area contributed by atoms with Crippen LogP contribution in [0.1, 0.15) is 11.6 Å². The van der Waals surface area contributed by atoms with Gasteiger partial charge in [-0.25, -0.2) is 4.39 Å². The maximum Gasteiger partial charge on any atom is 0.248 e. The number of pyridine rings is 1. The van der Waals surface area contributed by atoms with Gasteiger partial charge < -0.3 is 10.0 Å². The molecule has 1 fully saturated rings. The average molecular weight is 343 g/mol. The SMILES string of the molecule is O=C1C(Cl)C(c2ccc(F)cc2)N1c1ccc(O)c2ncccc12. The smallest absolute Gasteiger partial charge is 0.248 e. The molecule has 1 saturated heterocycles. The van der Waals surface area contributed by atoms with Crippen molar-refractivity contribution < 1.29 is 14.3 Å². The van der Waals surface area contributed by atoms with Gasteiger partial charge in [-0.15, -0.1) is 11.6 Å². The number of benzene rings is 2. The Hall–Kier alpha value is -2.66. The quantitative estimate of drug-likeness (QED) is 0.569. The van der Waals surface area contributed by atoms with E-state index in [4.69, 9.17) is 11.6 Å². The lowest BCUT2D eigenvalue weighted by atomic mass is 9.91. The molecule has 4 rings (SSSR count). The number of aromatic nitrogens is 1. The first-order valence-electron chi connectivity index (χ1n) is 7.37. The summed E-state index contributed by atoms with van der Waals surface area (Å²) in [4.78, 5) is 18.1. The van der Waals surface area contributed by atoms with E-state index in [-0.39, 0.29) is 17.5 Å². The van der Waals surface area contributed by atoms with Crippen LogP contribution >= 0.6 is 11.6 Å². The number of phenols is 1. The van der Waals surface area contributed by atoms with Crippen molar-refractivity contribution in [2.75, 3.05) is 4.90 Å². The number of anilines is 1. The summed E-state index contributed by atoms with van der Waals surface area (Å²) in [6, 6.07) is 12.2. The molecule has 0 spiro atoms. The molecule has 2 heterocycles. The molecule has 2 unspecified atom stereocenters. The number of β-lactam (4-membered cyclic amide) rings is 1. The molecule has 1 aliphatic rings. The maximum atomic E-state index is 13.2. The van der Waals surface area contributed by atoms with Gasteiger partial charge in [0.15, 0.2) is 0 Å². The summed E-state index contributed by atoms with van der Waals surface area (Å²) in [6.07, 6.45) is 1.57. The summed E-state index contributed by atoms with van der Waals surface area (Å²) in [5, 5.41) is 9.91. The number of hydrogen-bond donors (Lipinski definition) is 1. The lowest BCUT2D eigenvalue weighted by molar-refractivity contribution is -0.123. The van der Waals surface area contributed by atoms with Crippen LogP contribution in [0.3, 0.4) is 0 Å². The maximum absolute atomic E-state index is 13.2. The topological polar surface area (TPSA) is 53.4 Å². The van der Waals surface area contributed by atoms with Crippen molar-refractivity contribution in [2.24, 2.45) is 0 Å². The molecule has 0 radical (unpaired) electrons. The van der Waals surface area contributed by atoms with Gasteiger partial charge >= 0.3 is 0 Å². The van der Waals surface area contributed by atoms with Crippen molar-refractivity contribution in [3.05, 3.63) is 66.1 Å². The number of hydrogen-bond acceptors (Lipinski definition) is 3. The van der Waals surface area contributed by atoms with Gasteiger partial charge in [-0.3, -0.25) is 9.78 Å². The summed E-state index contributed by atoms with van der Waals surface area (Å²) in [6.45, 7) is 0. The minimum atomic E-state index is -0.712. The third-order valence-corrected chi connectivity index (χ3v) is 4.65. The zero-order valence-electron chi connectivity index (χ0n) is 12.4. The highest BCUT2D eigenvalue weighted by Crippen LogP contribution is 2.45. The Kier molecular flexibility index (Phi) is 3.39. The monoisotopic (exact) mass is 342 g/mol. The van der Waals surface area contributed by atoms with E-state index in [1.807, 2.05) is 0 Å². The van der Waals surface area contributed by atoms with Crippen LogP contribution < -0.4 is 4.90 Å². The predicted octanol–water partition coefficient (Wildman–Crippen LogP) is 3.77. The lowest BCUT2D eigenvalue weighted by Gasteiger charge is -2.45. The van der Waals surface area contributed by atoms with Gasteiger partial charge in [-0.05, 0) is 42.0 Å². The molecule has 0 bridgehead atoms.